The highest BCUT2D eigenvalue weighted by molar-refractivity contribution is 6.08. The number of carbonyl (C=O) groups excluding carboxylic acids is 1. The van der Waals surface area contributed by atoms with Crippen molar-refractivity contribution in [1.82, 2.24) is 4.57 Å². The Morgan fingerprint density at radius 1 is 1.03 bits per heavy atom. The fourth-order valence-corrected chi connectivity index (χ4v) is 4.51. The van der Waals surface area contributed by atoms with Crippen molar-refractivity contribution in [3.05, 3.63) is 65.9 Å². The molecule has 0 aliphatic carbocycles. The van der Waals surface area contributed by atoms with Crippen molar-refractivity contribution in [2.45, 2.75) is 13.5 Å². The summed E-state index contributed by atoms with van der Waals surface area (Å²) in [6.07, 6.45) is 0. The number of fused-ring (bicyclic) bond motifs is 2. The zero-order valence-electron chi connectivity index (χ0n) is 20.7. The number of rotatable bonds is 9. The Kier molecular flexibility index (Phi) is 6.69. The van der Waals surface area contributed by atoms with Crippen LogP contribution in [0.25, 0.3) is 22.0 Å². The van der Waals surface area contributed by atoms with Gasteiger partial charge in [0.15, 0.2) is 18.1 Å². The van der Waals surface area contributed by atoms with Crippen LogP contribution in [-0.4, -0.2) is 53.8 Å². The van der Waals surface area contributed by atoms with Crippen LogP contribution in [0.15, 0.2) is 54.6 Å². The van der Waals surface area contributed by atoms with E-state index in [1.807, 2.05) is 0 Å². The molecule has 3 aromatic carbocycles. The summed E-state index contributed by atoms with van der Waals surface area (Å²) >= 11 is 0. The van der Waals surface area contributed by atoms with Gasteiger partial charge in [-0.3, -0.25) is 0 Å². The quantitative estimate of drug-likeness (QED) is 0.309. The van der Waals surface area contributed by atoms with Crippen molar-refractivity contribution in [2.75, 3.05) is 27.1 Å². The first-order valence-corrected chi connectivity index (χ1v) is 11.8. The highest BCUT2D eigenvalue weighted by atomic mass is 16.7. The summed E-state index contributed by atoms with van der Waals surface area (Å²) in [5, 5.41) is 21.2. The number of hydrogen-bond donors (Lipinski definition) is 2. The van der Waals surface area contributed by atoms with E-state index >= 15 is 0 Å². The lowest BCUT2D eigenvalue weighted by Crippen LogP contribution is -2.16. The topological polar surface area (TPSA) is 126 Å². The second kappa shape index (κ2) is 10.3. The molecule has 4 aromatic rings. The van der Waals surface area contributed by atoms with Gasteiger partial charge in [-0.2, -0.15) is 0 Å². The number of carboxylic acid groups (broad SMARTS) is 1. The summed E-state index contributed by atoms with van der Waals surface area (Å²) < 4.78 is 28.6. The molecule has 0 radical (unpaired) electrons. The van der Waals surface area contributed by atoms with Gasteiger partial charge in [0.1, 0.15) is 22.9 Å². The van der Waals surface area contributed by atoms with E-state index in [1.54, 1.807) is 54.0 Å². The molecule has 1 aromatic heterocycles. The first-order chi connectivity index (χ1) is 18.4. The lowest BCUT2D eigenvalue weighted by Gasteiger charge is -2.15. The number of aromatic nitrogens is 1. The molecule has 0 saturated carbocycles. The molecule has 38 heavy (non-hydrogen) atoms. The van der Waals surface area contributed by atoms with Crippen molar-refractivity contribution in [1.29, 1.82) is 0 Å². The average Bonchev–Trinajstić information content (AvgIpc) is 3.50. The Bertz CT molecular complexity index is 1540. The third kappa shape index (κ3) is 4.63. The molecule has 196 valence electrons. The van der Waals surface area contributed by atoms with E-state index in [0.29, 0.717) is 50.6 Å². The average molecular weight is 520 g/mol. The van der Waals surface area contributed by atoms with Crippen LogP contribution in [0.3, 0.4) is 0 Å². The first kappa shape index (κ1) is 24.8. The van der Waals surface area contributed by atoms with Gasteiger partial charge < -0.3 is 38.5 Å². The zero-order valence-corrected chi connectivity index (χ0v) is 20.7. The number of aromatic carboxylic acids is 1. The maximum Gasteiger partial charge on any atom is 0.353 e. The number of hydrogen-bond acceptors (Lipinski definition) is 8. The van der Waals surface area contributed by atoms with E-state index in [0.717, 1.165) is 0 Å². The first-order valence-electron chi connectivity index (χ1n) is 11.8. The molecule has 2 heterocycles. The van der Waals surface area contributed by atoms with Gasteiger partial charge in [-0.25, -0.2) is 9.59 Å². The van der Waals surface area contributed by atoms with Gasteiger partial charge in [-0.1, -0.05) is 6.07 Å². The molecule has 0 atom stereocenters. The molecule has 10 nitrogen and oxygen atoms in total. The Morgan fingerprint density at radius 2 is 1.84 bits per heavy atom. The predicted octanol–water partition coefficient (Wildman–Crippen LogP) is 4.44. The monoisotopic (exact) mass is 519 g/mol. The molecule has 10 heteroatoms. The fourth-order valence-electron chi connectivity index (χ4n) is 4.51. The number of esters is 1. The van der Waals surface area contributed by atoms with Gasteiger partial charge >= 0.3 is 11.9 Å². The maximum absolute atomic E-state index is 12.7. The van der Waals surface area contributed by atoms with E-state index in [1.165, 1.54) is 19.2 Å². The van der Waals surface area contributed by atoms with E-state index in [4.69, 9.17) is 23.7 Å². The number of nitrogens with zero attached hydrogens (tertiary/aromatic N) is 1. The molecule has 0 fully saturated rings. The molecule has 0 bridgehead atoms. The second-order valence-corrected chi connectivity index (χ2v) is 8.45. The summed E-state index contributed by atoms with van der Waals surface area (Å²) in [4.78, 5) is 24.6. The number of carbonyl (C=O) groups is 2. The molecular formula is C28H25NO9. The van der Waals surface area contributed by atoms with Crippen LogP contribution in [0.2, 0.25) is 0 Å². The molecule has 0 unspecified atom stereocenters. The minimum absolute atomic E-state index is 0.00325. The van der Waals surface area contributed by atoms with Crippen LogP contribution < -0.4 is 18.9 Å². The third-order valence-corrected chi connectivity index (χ3v) is 6.16. The lowest BCUT2D eigenvalue weighted by molar-refractivity contribution is -0.145. The molecule has 0 spiro atoms. The minimum Gasteiger partial charge on any atom is -0.508 e. The summed E-state index contributed by atoms with van der Waals surface area (Å²) in [5.41, 5.74) is 2.22. The van der Waals surface area contributed by atoms with Gasteiger partial charge in [0, 0.05) is 28.1 Å². The zero-order chi connectivity index (χ0) is 26.8. The standard InChI is InChI=1S/C28H25NO9/c1-3-35-25(31)14-36-23-12-19(34-2)7-4-17(23)13-29-21-8-6-18(30)11-20(21)26(27(29)28(32)33)16-5-9-22-24(10-16)38-15-37-22/h4-12,30H,3,13-15H2,1-2H3,(H,32,33). The van der Waals surface area contributed by atoms with Crippen LogP contribution >= 0.6 is 0 Å². The number of phenols is 1. The van der Waals surface area contributed by atoms with E-state index in [9.17, 15) is 19.8 Å². The third-order valence-electron chi connectivity index (χ3n) is 6.16. The SMILES string of the molecule is CCOC(=O)COc1cc(OC)ccc1Cn1c(C(=O)O)c(-c2ccc3c(c2)OCO3)c2cc(O)ccc21. The molecular weight excluding hydrogens is 494 g/mol. The van der Waals surface area contributed by atoms with Gasteiger partial charge in [0.25, 0.3) is 0 Å². The van der Waals surface area contributed by atoms with Gasteiger partial charge in [-0.05, 0) is 55.0 Å². The number of benzene rings is 3. The Hall–Kier alpha value is -4.86. The molecule has 1 aliphatic heterocycles. The van der Waals surface area contributed by atoms with Crippen molar-refractivity contribution in [2.24, 2.45) is 0 Å². The lowest BCUT2D eigenvalue weighted by atomic mass is 10.0. The number of phenolic OH excluding ortho intramolecular Hbond substituents is 1. The fraction of sp³-hybridized carbons (Fsp3) is 0.214. The second-order valence-electron chi connectivity index (χ2n) is 8.45. The number of carboxylic acids is 1. The van der Waals surface area contributed by atoms with Crippen LogP contribution in [0.1, 0.15) is 23.0 Å². The molecule has 2 N–H and O–H groups in total. The highest BCUT2D eigenvalue weighted by Gasteiger charge is 2.26. The minimum atomic E-state index is -1.16. The van der Waals surface area contributed by atoms with Crippen LogP contribution in [0.4, 0.5) is 0 Å². The van der Waals surface area contributed by atoms with Crippen LogP contribution in [0.5, 0.6) is 28.7 Å². The smallest absolute Gasteiger partial charge is 0.353 e. The Balaban J connectivity index is 1.65. The molecule has 0 saturated heterocycles. The van der Waals surface area contributed by atoms with Crippen molar-refractivity contribution in [3.8, 4) is 39.9 Å². The Labute approximate surface area is 217 Å². The molecule has 5 rings (SSSR count). The van der Waals surface area contributed by atoms with Gasteiger partial charge in [0.05, 0.1) is 20.3 Å². The normalized spacial score (nSPS) is 11.9. The maximum atomic E-state index is 12.7. The number of ether oxygens (including phenoxy) is 5. The summed E-state index contributed by atoms with van der Waals surface area (Å²) in [5.74, 6) is 0.240. The summed E-state index contributed by atoms with van der Waals surface area (Å²) in [7, 11) is 1.51. The van der Waals surface area contributed by atoms with Gasteiger partial charge in [0.2, 0.25) is 6.79 Å². The van der Waals surface area contributed by atoms with Crippen molar-refractivity contribution < 1.29 is 43.5 Å². The van der Waals surface area contributed by atoms with E-state index in [2.05, 4.69) is 0 Å². The Morgan fingerprint density at radius 3 is 2.61 bits per heavy atom. The van der Waals surface area contributed by atoms with Crippen molar-refractivity contribution in [3.63, 3.8) is 0 Å². The molecule has 0 amide bonds. The van der Waals surface area contributed by atoms with E-state index in [-0.39, 0.29) is 38.0 Å². The van der Waals surface area contributed by atoms with Crippen LogP contribution in [-0.2, 0) is 16.1 Å². The highest BCUT2D eigenvalue weighted by Crippen LogP contribution is 2.42. The van der Waals surface area contributed by atoms with Crippen LogP contribution in [0, 0.1) is 0 Å². The van der Waals surface area contributed by atoms with Gasteiger partial charge in [-0.15, -0.1) is 0 Å². The molecule has 1 aliphatic rings. The number of methoxy groups -OCH3 is 1. The largest absolute Gasteiger partial charge is 0.508 e. The number of aromatic hydroxyl groups is 1. The van der Waals surface area contributed by atoms with Crippen molar-refractivity contribution >= 4 is 22.8 Å². The summed E-state index contributed by atoms with van der Waals surface area (Å²) in [6, 6.07) is 15.0. The van der Waals surface area contributed by atoms with E-state index < -0.39 is 11.9 Å². The predicted molar refractivity (Wildman–Crippen MR) is 136 cm³/mol. The summed E-state index contributed by atoms with van der Waals surface area (Å²) in [6.45, 7) is 1.78.